The molecule has 6 nitrogen and oxygen atoms in total. The van der Waals surface area contributed by atoms with E-state index in [2.05, 4.69) is 0 Å². The van der Waals surface area contributed by atoms with Crippen molar-refractivity contribution in [1.82, 2.24) is 0 Å². The van der Waals surface area contributed by atoms with Gasteiger partial charge in [0.2, 0.25) is 0 Å². The monoisotopic (exact) mass is 722 g/mol. The van der Waals surface area contributed by atoms with Gasteiger partial charge in [0, 0.05) is 11.8 Å². The summed E-state index contributed by atoms with van der Waals surface area (Å²) in [4.78, 5) is 26.3. The molecular formula is C34H47F9O6. The zero-order valence-corrected chi connectivity index (χ0v) is 28.8. The maximum absolute atomic E-state index is 13.8. The van der Waals surface area contributed by atoms with Gasteiger partial charge in [-0.05, 0) is 81.8 Å². The molecule has 3 N–H and O–H groups in total. The van der Waals surface area contributed by atoms with Crippen LogP contribution in [0.4, 0.5) is 39.5 Å². The number of aliphatic hydroxyl groups is 2. The molecule has 1 aliphatic carbocycles. The zero-order valence-electron chi connectivity index (χ0n) is 28.8. The Morgan fingerprint density at radius 1 is 0.776 bits per heavy atom. The van der Waals surface area contributed by atoms with Gasteiger partial charge in [0.15, 0.2) is 5.60 Å². The largest absolute Gasteiger partial charge is 0.481 e. The third-order valence-corrected chi connectivity index (χ3v) is 10.4. The van der Waals surface area contributed by atoms with Crippen molar-refractivity contribution in [2.75, 3.05) is 0 Å². The molecule has 1 aromatic rings. The van der Waals surface area contributed by atoms with Gasteiger partial charge in [-0.1, -0.05) is 58.9 Å². The van der Waals surface area contributed by atoms with Crippen LogP contribution >= 0.6 is 0 Å². The SMILES string of the molecule is CCC(C)(CC(C)(CC(C)c1ccc(C(C)(C)C)cc1)C(=O)O)C(=O)OC1CC(C(C)(O)C(F)(F)F)CC(C(O)(C(F)(F)F)C(F)(F)F)C1. The lowest BCUT2D eigenvalue weighted by Crippen LogP contribution is -2.64. The number of ether oxygens (including phenoxy) is 1. The lowest BCUT2D eigenvalue weighted by molar-refractivity contribution is -0.391. The maximum Gasteiger partial charge on any atom is 0.426 e. The molecule has 0 heterocycles. The molecule has 7 unspecified atom stereocenters. The average Bonchev–Trinajstić information content (AvgIpc) is 2.94. The smallest absolute Gasteiger partial charge is 0.426 e. The molecule has 0 aliphatic heterocycles. The fourth-order valence-corrected chi connectivity index (χ4v) is 6.85. The van der Waals surface area contributed by atoms with Crippen LogP contribution in [0.15, 0.2) is 24.3 Å². The summed E-state index contributed by atoms with van der Waals surface area (Å²) < 4.78 is 130. The number of benzene rings is 1. The highest BCUT2D eigenvalue weighted by molar-refractivity contribution is 5.80. The van der Waals surface area contributed by atoms with Crippen molar-refractivity contribution >= 4 is 11.9 Å². The van der Waals surface area contributed by atoms with Crippen molar-refractivity contribution in [1.29, 1.82) is 0 Å². The Morgan fingerprint density at radius 3 is 1.63 bits per heavy atom. The van der Waals surface area contributed by atoms with Crippen molar-refractivity contribution < 1.29 is 69.2 Å². The van der Waals surface area contributed by atoms with Crippen LogP contribution in [0.3, 0.4) is 0 Å². The minimum atomic E-state index is -6.39. The van der Waals surface area contributed by atoms with E-state index in [1.165, 1.54) is 20.8 Å². The summed E-state index contributed by atoms with van der Waals surface area (Å²) in [6.45, 7) is 12.2. The molecule has 1 fully saturated rings. The van der Waals surface area contributed by atoms with Crippen LogP contribution in [0, 0.1) is 22.7 Å². The fourth-order valence-electron chi connectivity index (χ4n) is 6.85. The van der Waals surface area contributed by atoms with Crippen LogP contribution < -0.4 is 0 Å². The summed E-state index contributed by atoms with van der Waals surface area (Å²) in [6, 6.07) is 7.54. The first-order chi connectivity index (χ1) is 21.8. The number of hydrogen-bond acceptors (Lipinski definition) is 5. The molecule has 1 aromatic carbocycles. The van der Waals surface area contributed by atoms with Gasteiger partial charge in [-0.15, -0.1) is 0 Å². The van der Waals surface area contributed by atoms with Gasteiger partial charge in [-0.25, -0.2) is 0 Å². The number of carbonyl (C=O) groups is 2. The highest BCUT2D eigenvalue weighted by Gasteiger charge is 2.75. The highest BCUT2D eigenvalue weighted by atomic mass is 19.4. The quantitative estimate of drug-likeness (QED) is 0.156. The second-order valence-electron chi connectivity index (χ2n) is 15.5. The topological polar surface area (TPSA) is 104 Å². The van der Waals surface area contributed by atoms with Gasteiger partial charge in [0.25, 0.3) is 5.60 Å². The Kier molecular flexibility index (Phi) is 12.1. The number of carboxylic acids is 1. The van der Waals surface area contributed by atoms with Crippen molar-refractivity contribution in [3.8, 4) is 0 Å². The maximum atomic E-state index is 13.8. The summed E-state index contributed by atoms with van der Waals surface area (Å²) in [6.07, 6.45) is -24.7. The molecule has 1 aliphatic rings. The van der Waals surface area contributed by atoms with E-state index in [1.54, 1.807) is 6.92 Å². The van der Waals surface area contributed by atoms with Crippen LogP contribution in [-0.4, -0.2) is 63.1 Å². The lowest BCUT2D eigenvalue weighted by Gasteiger charge is -2.48. The van der Waals surface area contributed by atoms with Crippen LogP contribution in [0.2, 0.25) is 0 Å². The van der Waals surface area contributed by atoms with E-state index < -0.39 is 96.1 Å². The Balaban J connectivity index is 2.46. The van der Waals surface area contributed by atoms with Gasteiger partial charge in [0.05, 0.1) is 10.8 Å². The van der Waals surface area contributed by atoms with Crippen molar-refractivity contribution in [3.63, 3.8) is 0 Å². The predicted molar refractivity (Wildman–Crippen MR) is 161 cm³/mol. The summed E-state index contributed by atoms with van der Waals surface area (Å²) in [5.74, 6) is -8.22. The molecule has 2 rings (SSSR count). The first-order valence-corrected chi connectivity index (χ1v) is 16.0. The molecule has 0 saturated heterocycles. The van der Waals surface area contributed by atoms with Gasteiger partial charge >= 0.3 is 30.5 Å². The molecule has 0 amide bonds. The highest BCUT2D eigenvalue weighted by Crippen LogP contribution is 2.55. The van der Waals surface area contributed by atoms with Crippen molar-refractivity contribution in [2.45, 2.75) is 141 Å². The van der Waals surface area contributed by atoms with Crippen LogP contribution in [-0.2, 0) is 19.7 Å². The van der Waals surface area contributed by atoms with E-state index in [1.807, 2.05) is 45.0 Å². The average molecular weight is 723 g/mol. The number of alkyl halides is 9. The predicted octanol–water partition coefficient (Wildman–Crippen LogP) is 8.87. The van der Waals surface area contributed by atoms with Gasteiger partial charge in [-0.2, -0.15) is 39.5 Å². The molecule has 0 aromatic heterocycles. The van der Waals surface area contributed by atoms with E-state index >= 15 is 0 Å². The van der Waals surface area contributed by atoms with Crippen LogP contribution in [0.5, 0.6) is 0 Å². The first kappa shape index (κ1) is 42.6. The minimum absolute atomic E-state index is 0.00624. The van der Waals surface area contributed by atoms with E-state index in [4.69, 9.17) is 4.74 Å². The van der Waals surface area contributed by atoms with Gasteiger partial charge < -0.3 is 20.1 Å². The number of halogens is 9. The number of carbonyl (C=O) groups excluding carboxylic acids is 1. The summed E-state index contributed by atoms with van der Waals surface area (Å²) >= 11 is 0. The number of aliphatic carboxylic acids is 1. The van der Waals surface area contributed by atoms with E-state index in [0.717, 1.165) is 11.1 Å². The lowest BCUT2D eigenvalue weighted by atomic mass is 9.66. The number of rotatable bonds is 11. The van der Waals surface area contributed by atoms with Crippen LogP contribution in [0.25, 0.3) is 0 Å². The Labute approximate surface area is 280 Å². The first-order valence-electron chi connectivity index (χ1n) is 16.0. The third-order valence-electron chi connectivity index (χ3n) is 10.4. The fraction of sp³-hybridized carbons (Fsp3) is 0.765. The number of esters is 1. The molecule has 0 radical (unpaired) electrons. The number of carboxylic acid groups (broad SMARTS) is 1. The normalized spacial score (nSPS) is 24.3. The van der Waals surface area contributed by atoms with E-state index in [-0.39, 0.29) is 31.1 Å². The third kappa shape index (κ3) is 8.85. The van der Waals surface area contributed by atoms with Crippen LogP contribution in [0.1, 0.15) is 111 Å². The van der Waals surface area contributed by atoms with Crippen molar-refractivity contribution in [3.05, 3.63) is 35.4 Å². The second kappa shape index (κ2) is 13.9. The Bertz CT molecular complexity index is 1300. The molecule has 1 saturated carbocycles. The summed E-state index contributed by atoms with van der Waals surface area (Å²) in [7, 11) is 0. The van der Waals surface area contributed by atoms with E-state index in [0.29, 0.717) is 0 Å². The van der Waals surface area contributed by atoms with Gasteiger partial charge in [-0.3, -0.25) is 9.59 Å². The Morgan fingerprint density at radius 2 is 1.24 bits per heavy atom. The minimum Gasteiger partial charge on any atom is -0.481 e. The standard InChI is InChI=1S/C34H47F9O6/c1-9-28(6,18-29(7,25(44)45)17-19(2)20-10-12-21(13-11-20)27(3,4)5)26(46)49-24-15-22(30(8,47)32(35,36)37)14-23(16-24)31(48,33(38,39)40)34(41,42)43/h10-13,19,22-24,47-48H,9,14-18H2,1-8H3,(H,44,45). The molecule has 0 spiro atoms. The van der Waals surface area contributed by atoms with Crippen molar-refractivity contribution in [2.24, 2.45) is 22.7 Å². The molecule has 49 heavy (non-hydrogen) atoms. The molecule has 15 heteroatoms. The van der Waals surface area contributed by atoms with E-state index in [9.17, 15) is 64.4 Å². The molecular weight excluding hydrogens is 675 g/mol. The number of hydrogen-bond donors (Lipinski definition) is 3. The second-order valence-corrected chi connectivity index (χ2v) is 15.5. The van der Waals surface area contributed by atoms with Gasteiger partial charge in [0.1, 0.15) is 6.10 Å². The molecule has 282 valence electrons. The summed E-state index contributed by atoms with van der Waals surface area (Å²) in [5.41, 5.74) is -10.9. The Hall–Kier alpha value is -2.55. The summed E-state index contributed by atoms with van der Waals surface area (Å²) in [5, 5.41) is 30.7. The molecule has 7 atom stereocenters. The zero-order chi connectivity index (χ0) is 38.4. The molecule has 0 bridgehead atoms.